The van der Waals surface area contributed by atoms with Gasteiger partial charge in [0.2, 0.25) is 0 Å². The number of methoxy groups -OCH3 is 1. The molecule has 0 aliphatic carbocycles. The predicted molar refractivity (Wildman–Crippen MR) is 75.0 cm³/mol. The highest BCUT2D eigenvalue weighted by molar-refractivity contribution is 7.99. The van der Waals surface area contributed by atoms with Gasteiger partial charge in [-0.05, 0) is 11.1 Å². The molecule has 0 aliphatic heterocycles. The van der Waals surface area contributed by atoms with Crippen LogP contribution in [0, 0.1) is 12.3 Å². The standard InChI is InChI=1S/C14H19NOS/c1-3-9-17-10-8-15-11-13-4-6-14(7-5-13)12-16-2/h1,4-7,15H,8-12H2,2H3. The van der Waals surface area contributed by atoms with Crippen LogP contribution in [0.4, 0.5) is 0 Å². The van der Waals surface area contributed by atoms with Crippen LogP contribution in [-0.4, -0.2) is 25.2 Å². The molecule has 3 heteroatoms. The van der Waals surface area contributed by atoms with Gasteiger partial charge in [0.25, 0.3) is 0 Å². The SMILES string of the molecule is C#CCSCCNCc1ccc(COC)cc1. The smallest absolute Gasteiger partial charge is 0.0713 e. The van der Waals surface area contributed by atoms with Gasteiger partial charge in [-0.15, -0.1) is 18.2 Å². The molecule has 92 valence electrons. The van der Waals surface area contributed by atoms with Gasteiger partial charge in [-0.1, -0.05) is 30.2 Å². The van der Waals surface area contributed by atoms with Crippen molar-refractivity contribution in [2.45, 2.75) is 13.2 Å². The molecule has 0 unspecified atom stereocenters. The number of rotatable bonds is 8. The zero-order valence-electron chi connectivity index (χ0n) is 10.2. The minimum Gasteiger partial charge on any atom is -0.380 e. The average molecular weight is 249 g/mol. The normalized spacial score (nSPS) is 10.1. The number of nitrogens with one attached hydrogen (secondary N) is 1. The average Bonchev–Trinajstić information content (AvgIpc) is 2.36. The molecule has 0 saturated carbocycles. The zero-order valence-corrected chi connectivity index (χ0v) is 11.1. The molecule has 0 spiro atoms. The van der Waals surface area contributed by atoms with E-state index in [1.54, 1.807) is 18.9 Å². The highest BCUT2D eigenvalue weighted by atomic mass is 32.2. The van der Waals surface area contributed by atoms with E-state index in [2.05, 4.69) is 35.5 Å². The van der Waals surface area contributed by atoms with Gasteiger partial charge in [0.05, 0.1) is 12.4 Å². The van der Waals surface area contributed by atoms with Crippen LogP contribution in [0.5, 0.6) is 0 Å². The van der Waals surface area contributed by atoms with E-state index in [0.29, 0.717) is 6.61 Å². The molecule has 1 rings (SSSR count). The van der Waals surface area contributed by atoms with Crippen molar-refractivity contribution in [2.24, 2.45) is 0 Å². The highest BCUT2D eigenvalue weighted by Crippen LogP contribution is 2.05. The van der Waals surface area contributed by atoms with Crippen LogP contribution >= 0.6 is 11.8 Å². The number of thioether (sulfide) groups is 1. The van der Waals surface area contributed by atoms with Crippen molar-refractivity contribution in [2.75, 3.05) is 25.2 Å². The third-order valence-electron chi connectivity index (χ3n) is 2.27. The fourth-order valence-corrected chi connectivity index (χ4v) is 1.98. The lowest BCUT2D eigenvalue weighted by atomic mass is 10.1. The molecule has 0 radical (unpaired) electrons. The van der Waals surface area contributed by atoms with E-state index in [1.807, 2.05) is 0 Å². The third-order valence-corrected chi connectivity index (χ3v) is 3.14. The van der Waals surface area contributed by atoms with Gasteiger partial charge in [0.15, 0.2) is 0 Å². The summed E-state index contributed by atoms with van der Waals surface area (Å²) in [6.45, 7) is 2.58. The fraction of sp³-hybridized carbons (Fsp3) is 0.429. The molecule has 0 saturated heterocycles. The molecular weight excluding hydrogens is 230 g/mol. The summed E-state index contributed by atoms with van der Waals surface area (Å²) in [5.41, 5.74) is 2.51. The highest BCUT2D eigenvalue weighted by Gasteiger charge is 1.94. The van der Waals surface area contributed by atoms with Gasteiger partial charge < -0.3 is 10.1 Å². The maximum absolute atomic E-state index is 5.17. The summed E-state index contributed by atoms with van der Waals surface area (Å²) in [4.78, 5) is 0. The molecule has 2 nitrogen and oxygen atoms in total. The van der Waals surface area contributed by atoms with Gasteiger partial charge in [0, 0.05) is 26.0 Å². The Bertz CT molecular complexity index is 342. The quantitative estimate of drug-likeness (QED) is 0.564. The van der Waals surface area contributed by atoms with Crippen molar-refractivity contribution < 1.29 is 4.74 Å². The van der Waals surface area contributed by atoms with E-state index < -0.39 is 0 Å². The van der Waals surface area contributed by atoms with Crippen molar-refractivity contribution in [1.29, 1.82) is 0 Å². The van der Waals surface area contributed by atoms with Crippen molar-refractivity contribution >= 4 is 11.8 Å². The lowest BCUT2D eigenvalue weighted by Gasteiger charge is -2.05. The van der Waals surface area contributed by atoms with Gasteiger partial charge in [-0.3, -0.25) is 0 Å². The third kappa shape index (κ3) is 6.38. The van der Waals surface area contributed by atoms with Gasteiger partial charge in [0.1, 0.15) is 0 Å². The summed E-state index contributed by atoms with van der Waals surface area (Å²) in [6, 6.07) is 8.48. The number of benzene rings is 1. The van der Waals surface area contributed by atoms with Crippen molar-refractivity contribution in [3.63, 3.8) is 0 Å². The molecule has 0 aliphatic rings. The Labute approximate surface area is 108 Å². The molecule has 0 fully saturated rings. The van der Waals surface area contributed by atoms with Crippen LogP contribution < -0.4 is 5.32 Å². The first-order chi connectivity index (χ1) is 8.36. The van der Waals surface area contributed by atoms with Crippen LogP contribution in [0.15, 0.2) is 24.3 Å². The van der Waals surface area contributed by atoms with E-state index in [1.165, 1.54) is 11.1 Å². The van der Waals surface area contributed by atoms with E-state index in [9.17, 15) is 0 Å². The maximum atomic E-state index is 5.17. The van der Waals surface area contributed by atoms with Crippen molar-refractivity contribution in [3.05, 3.63) is 35.4 Å². The lowest BCUT2D eigenvalue weighted by Crippen LogP contribution is -2.16. The second kappa shape index (κ2) is 9.12. The summed E-state index contributed by atoms with van der Waals surface area (Å²) < 4.78 is 5.07. The van der Waals surface area contributed by atoms with E-state index in [-0.39, 0.29) is 0 Å². The maximum Gasteiger partial charge on any atom is 0.0713 e. The second-order valence-electron chi connectivity index (χ2n) is 3.68. The molecule has 1 aromatic carbocycles. The Hall–Kier alpha value is -0.950. The molecular formula is C14H19NOS. The molecule has 0 bridgehead atoms. The number of ether oxygens (including phenoxy) is 1. The molecule has 1 N–H and O–H groups in total. The van der Waals surface area contributed by atoms with Crippen LogP contribution in [0.25, 0.3) is 0 Å². The van der Waals surface area contributed by atoms with Gasteiger partial charge in [-0.2, -0.15) is 0 Å². The molecule has 0 heterocycles. The predicted octanol–water partition coefficient (Wildman–Crippen LogP) is 2.29. The topological polar surface area (TPSA) is 21.3 Å². The fourth-order valence-electron chi connectivity index (χ4n) is 1.43. The molecule has 17 heavy (non-hydrogen) atoms. The van der Waals surface area contributed by atoms with Crippen LogP contribution in [0.2, 0.25) is 0 Å². The van der Waals surface area contributed by atoms with Crippen LogP contribution in [0.1, 0.15) is 11.1 Å². The Balaban J connectivity index is 2.16. The molecule has 0 amide bonds. The Morgan fingerprint density at radius 1 is 1.29 bits per heavy atom. The van der Waals surface area contributed by atoms with Gasteiger partial charge >= 0.3 is 0 Å². The Kier molecular flexibility index (Phi) is 7.57. The number of hydrogen-bond acceptors (Lipinski definition) is 3. The minimum atomic E-state index is 0.677. The summed E-state index contributed by atoms with van der Waals surface area (Å²) in [5, 5.41) is 3.39. The van der Waals surface area contributed by atoms with Crippen molar-refractivity contribution in [3.8, 4) is 12.3 Å². The van der Waals surface area contributed by atoms with E-state index >= 15 is 0 Å². The lowest BCUT2D eigenvalue weighted by molar-refractivity contribution is 0.185. The Morgan fingerprint density at radius 2 is 2.00 bits per heavy atom. The van der Waals surface area contributed by atoms with Crippen LogP contribution in [0.3, 0.4) is 0 Å². The molecule has 0 atom stereocenters. The monoisotopic (exact) mass is 249 g/mol. The van der Waals surface area contributed by atoms with Crippen molar-refractivity contribution in [1.82, 2.24) is 5.32 Å². The first kappa shape index (κ1) is 14.1. The summed E-state index contributed by atoms with van der Waals surface area (Å²) in [7, 11) is 1.71. The van der Waals surface area contributed by atoms with E-state index in [0.717, 1.165) is 24.6 Å². The molecule has 1 aromatic rings. The van der Waals surface area contributed by atoms with Crippen LogP contribution in [-0.2, 0) is 17.9 Å². The summed E-state index contributed by atoms with van der Waals surface area (Å²) in [6.07, 6.45) is 5.17. The summed E-state index contributed by atoms with van der Waals surface area (Å²) >= 11 is 1.78. The van der Waals surface area contributed by atoms with Gasteiger partial charge in [-0.25, -0.2) is 0 Å². The number of hydrogen-bond donors (Lipinski definition) is 1. The minimum absolute atomic E-state index is 0.677. The van der Waals surface area contributed by atoms with E-state index in [4.69, 9.17) is 11.2 Å². The first-order valence-electron chi connectivity index (χ1n) is 5.65. The second-order valence-corrected chi connectivity index (χ2v) is 4.79. The first-order valence-corrected chi connectivity index (χ1v) is 6.81. The largest absolute Gasteiger partial charge is 0.380 e. The summed E-state index contributed by atoms with van der Waals surface area (Å²) in [5.74, 6) is 4.48. The number of terminal acetylenes is 1. The Morgan fingerprint density at radius 3 is 2.65 bits per heavy atom. The zero-order chi connectivity index (χ0) is 12.3. The molecule has 0 aromatic heterocycles.